The van der Waals surface area contributed by atoms with Crippen molar-refractivity contribution in [2.75, 3.05) is 26.2 Å². The van der Waals surface area contributed by atoms with Gasteiger partial charge in [-0.25, -0.2) is 17.5 Å². The molecule has 4 rings (SSSR count). The number of sulfonamides is 1. The van der Waals surface area contributed by atoms with Gasteiger partial charge in [-0.2, -0.15) is 0 Å². The Hall–Kier alpha value is -2.58. The van der Waals surface area contributed by atoms with E-state index < -0.39 is 15.8 Å². The Morgan fingerprint density at radius 3 is 2.24 bits per heavy atom. The van der Waals surface area contributed by atoms with Crippen molar-refractivity contribution >= 4 is 10.0 Å². The van der Waals surface area contributed by atoms with Gasteiger partial charge in [0.2, 0.25) is 10.0 Å². The van der Waals surface area contributed by atoms with Crippen molar-refractivity contribution in [3.8, 4) is 0 Å². The van der Waals surface area contributed by atoms with Crippen molar-refractivity contribution in [3.05, 3.63) is 102 Å². The van der Waals surface area contributed by atoms with Gasteiger partial charge in [-0.05, 0) is 48.2 Å². The van der Waals surface area contributed by atoms with Crippen molar-refractivity contribution in [2.45, 2.75) is 29.8 Å². The molecule has 0 aromatic heterocycles. The summed E-state index contributed by atoms with van der Waals surface area (Å²) in [5, 5.41) is 3.47. The van der Waals surface area contributed by atoms with E-state index in [1.165, 1.54) is 29.8 Å². The molecule has 2 atom stereocenters. The first-order valence-corrected chi connectivity index (χ1v) is 12.8. The number of nitrogens with one attached hydrogen (secondary N) is 2. The molecule has 0 aliphatic carbocycles. The largest absolute Gasteiger partial charge is 0.314 e. The molecule has 33 heavy (non-hydrogen) atoms. The molecule has 0 spiro atoms. The summed E-state index contributed by atoms with van der Waals surface area (Å²) in [4.78, 5) is 2.45. The van der Waals surface area contributed by atoms with Gasteiger partial charge in [0.1, 0.15) is 5.82 Å². The highest BCUT2D eigenvalue weighted by molar-refractivity contribution is 7.89. The van der Waals surface area contributed by atoms with Crippen LogP contribution in [0.1, 0.15) is 11.1 Å². The van der Waals surface area contributed by atoms with Crippen LogP contribution in [0.2, 0.25) is 0 Å². The summed E-state index contributed by atoms with van der Waals surface area (Å²) < 4.78 is 42.4. The lowest BCUT2D eigenvalue weighted by molar-refractivity contribution is 0.148. The molecule has 1 aliphatic rings. The van der Waals surface area contributed by atoms with Crippen LogP contribution >= 0.6 is 0 Å². The Morgan fingerprint density at radius 1 is 0.939 bits per heavy atom. The molecule has 7 heteroatoms. The van der Waals surface area contributed by atoms with E-state index in [0.717, 1.165) is 31.6 Å². The zero-order valence-corrected chi connectivity index (χ0v) is 19.3. The second-order valence-corrected chi connectivity index (χ2v) is 10.2. The summed E-state index contributed by atoms with van der Waals surface area (Å²) >= 11 is 0. The summed E-state index contributed by atoms with van der Waals surface area (Å²) in [7, 11) is -3.78. The molecule has 3 aromatic rings. The standard InChI is InChI=1S/C26H30FN3O2S/c27-23-11-13-26(14-12-23)33(31,32)29-24(17-21-7-3-1-4-8-21)20-30-16-15-28-19-25(30)18-22-9-5-2-6-10-22/h1-14,24-25,28-29H,15-20H2/t24-,25-/m0/s1. The average molecular weight is 468 g/mol. The molecule has 0 unspecified atom stereocenters. The van der Waals surface area contributed by atoms with Crippen LogP contribution in [0.3, 0.4) is 0 Å². The van der Waals surface area contributed by atoms with E-state index in [-0.39, 0.29) is 17.0 Å². The van der Waals surface area contributed by atoms with Crippen LogP contribution in [0.15, 0.2) is 89.8 Å². The first-order chi connectivity index (χ1) is 16.0. The predicted molar refractivity (Wildman–Crippen MR) is 129 cm³/mol. The van der Waals surface area contributed by atoms with E-state index >= 15 is 0 Å². The Labute approximate surface area is 195 Å². The quantitative estimate of drug-likeness (QED) is 0.507. The highest BCUT2D eigenvalue weighted by Gasteiger charge is 2.28. The number of halogens is 1. The van der Waals surface area contributed by atoms with Gasteiger partial charge in [-0.1, -0.05) is 60.7 Å². The number of nitrogens with zero attached hydrogens (tertiary/aromatic N) is 1. The van der Waals surface area contributed by atoms with Crippen molar-refractivity contribution in [2.24, 2.45) is 0 Å². The van der Waals surface area contributed by atoms with Gasteiger partial charge < -0.3 is 5.32 Å². The monoisotopic (exact) mass is 467 g/mol. The van der Waals surface area contributed by atoms with Crippen LogP contribution in [0, 0.1) is 5.82 Å². The smallest absolute Gasteiger partial charge is 0.240 e. The number of benzene rings is 3. The molecule has 1 heterocycles. The van der Waals surface area contributed by atoms with Gasteiger partial charge in [0, 0.05) is 38.3 Å². The van der Waals surface area contributed by atoms with Crippen LogP contribution in [0.25, 0.3) is 0 Å². The lowest BCUT2D eigenvalue weighted by Gasteiger charge is -2.38. The van der Waals surface area contributed by atoms with Crippen LogP contribution in [0.5, 0.6) is 0 Å². The molecule has 2 N–H and O–H groups in total. The second-order valence-electron chi connectivity index (χ2n) is 8.50. The molecule has 0 bridgehead atoms. The maximum Gasteiger partial charge on any atom is 0.240 e. The highest BCUT2D eigenvalue weighted by Crippen LogP contribution is 2.16. The van der Waals surface area contributed by atoms with E-state index in [1.807, 2.05) is 48.5 Å². The third-order valence-electron chi connectivity index (χ3n) is 6.01. The molecule has 5 nitrogen and oxygen atoms in total. The minimum absolute atomic E-state index is 0.0723. The molecular weight excluding hydrogens is 437 g/mol. The summed E-state index contributed by atoms with van der Waals surface area (Å²) in [5.74, 6) is -0.459. The predicted octanol–water partition coefficient (Wildman–Crippen LogP) is 3.23. The molecule has 1 saturated heterocycles. The van der Waals surface area contributed by atoms with Crippen molar-refractivity contribution in [1.82, 2.24) is 14.9 Å². The molecular formula is C26H30FN3O2S. The number of hydrogen-bond acceptors (Lipinski definition) is 4. The maximum absolute atomic E-state index is 13.3. The van der Waals surface area contributed by atoms with Crippen molar-refractivity contribution in [1.29, 1.82) is 0 Å². The minimum atomic E-state index is -3.78. The number of hydrogen-bond donors (Lipinski definition) is 2. The molecule has 3 aromatic carbocycles. The van der Waals surface area contributed by atoms with Crippen LogP contribution < -0.4 is 10.0 Å². The minimum Gasteiger partial charge on any atom is -0.314 e. The lowest BCUT2D eigenvalue weighted by Crippen LogP contribution is -2.56. The summed E-state index contributed by atoms with van der Waals surface area (Å²) in [6.07, 6.45) is 1.47. The molecule has 174 valence electrons. The maximum atomic E-state index is 13.3. The molecule has 1 fully saturated rings. The fourth-order valence-electron chi connectivity index (χ4n) is 4.36. The molecule has 0 amide bonds. The van der Waals surface area contributed by atoms with E-state index in [2.05, 4.69) is 27.1 Å². The van der Waals surface area contributed by atoms with Crippen molar-refractivity contribution in [3.63, 3.8) is 0 Å². The summed E-state index contributed by atoms with van der Waals surface area (Å²) in [6.45, 7) is 3.17. The van der Waals surface area contributed by atoms with E-state index in [9.17, 15) is 12.8 Å². The Kier molecular flexibility index (Phi) is 7.88. The van der Waals surface area contributed by atoms with Crippen LogP contribution in [-0.4, -0.2) is 51.6 Å². The van der Waals surface area contributed by atoms with Gasteiger partial charge in [-0.3, -0.25) is 4.90 Å². The molecule has 0 radical (unpaired) electrons. The summed E-state index contributed by atoms with van der Waals surface area (Å²) in [5.41, 5.74) is 2.33. The first-order valence-electron chi connectivity index (χ1n) is 11.3. The van der Waals surface area contributed by atoms with Gasteiger partial charge in [0.15, 0.2) is 0 Å². The number of rotatable bonds is 9. The third kappa shape index (κ3) is 6.71. The number of piperazine rings is 1. The average Bonchev–Trinajstić information content (AvgIpc) is 2.82. The van der Waals surface area contributed by atoms with Crippen molar-refractivity contribution < 1.29 is 12.8 Å². The normalized spacial score (nSPS) is 18.2. The zero-order valence-electron chi connectivity index (χ0n) is 18.5. The SMILES string of the molecule is O=S(=O)(N[C@@H](Cc1ccccc1)CN1CCNC[C@@H]1Cc1ccccc1)c1ccc(F)cc1. The second kappa shape index (κ2) is 11.0. The highest BCUT2D eigenvalue weighted by atomic mass is 32.2. The lowest BCUT2D eigenvalue weighted by atomic mass is 10.0. The van der Waals surface area contributed by atoms with Gasteiger partial charge in [0.05, 0.1) is 4.90 Å². The Bertz CT molecular complexity index is 1110. The van der Waals surface area contributed by atoms with E-state index in [1.54, 1.807) is 0 Å². The first kappa shape index (κ1) is 23.6. The van der Waals surface area contributed by atoms with E-state index in [4.69, 9.17) is 0 Å². The van der Waals surface area contributed by atoms with Crippen LogP contribution in [0.4, 0.5) is 4.39 Å². The van der Waals surface area contributed by atoms with E-state index in [0.29, 0.717) is 13.0 Å². The fraction of sp³-hybridized carbons (Fsp3) is 0.308. The Morgan fingerprint density at radius 2 is 1.58 bits per heavy atom. The van der Waals surface area contributed by atoms with Crippen LogP contribution in [-0.2, 0) is 22.9 Å². The Balaban J connectivity index is 1.53. The third-order valence-corrected chi connectivity index (χ3v) is 7.55. The van der Waals surface area contributed by atoms with Gasteiger partial charge in [0.25, 0.3) is 0 Å². The molecule has 0 saturated carbocycles. The fourth-order valence-corrected chi connectivity index (χ4v) is 5.58. The zero-order chi connectivity index (χ0) is 23.1. The molecule has 1 aliphatic heterocycles. The van der Waals surface area contributed by atoms with Gasteiger partial charge in [-0.15, -0.1) is 0 Å². The van der Waals surface area contributed by atoms with Gasteiger partial charge >= 0.3 is 0 Å². The summed E-state index contributed by atoms with van der Waals surface area (Å²) in [6, 6.07) is 25.2. The topological polar surface area (TPSA) is 61.4 Å².